The van der Waals surface area contributed by atoms with Crippen molar-refractivity contribution in [1.29, 1.82) is 0 Å². The van der Waals surface area contributed by atoms with Crippen molar-refractivity contribution in [3.8, 4) is 0 Å². The van der Waals surface area contributed by atoms with Gasteiger partial charge in [0.25, 0.3) is 5.69 Å². The van der Waals surface area contributed by atoms with Gasteiger partial charge in [-0.15, -0.1) is 11.6 Å². The first kappa shape index (κ1) is 13.1. The number of benzene rings is 1. The zero-order valence-corrected chi connectivity index (χ0v) is 11.0. The van der Waals surface area contributed by atoms with Gasteiger partial charge in [-0.2, -0.15) is 0 Å². The quantitative estimate of drug-likeness (QED) is 0.477. The molecule has 1 heterocycles. The van der Waals surface area contributed by atoms with E-state index in [4.69, 9.17) is 23.2 Å². The van der Waals surface area contributed by atoms with Crippen molar-refractivity contribution in [2.45, 2.75) is 18.7 Å². The Balaban J connectivity index is 2.44. The highest BCUT2D eigenvalue weighted by Gasteiger charge is 2.31. The van der Waals surface area contributed by atoms with Crippen molar-refractivity contribution < 1.29 is 9.72 Å². The first-order chi connectivity index (χ1) is 8.40. The Morgan fingerprint density at radius 1 is 1.50 bits per heavy atom. The minimum Gasteiger partial charge on any atom is -0.311 e. The Morgan fingerprint density at radius 2 is 2.17 bits per heavy atom. The van der Waals surface area contributed by atoms with E-state index >= 15 is 0 Å². The molecule has 0 aliphatic carbocycles. The number of amides is 1. The molecule has 7 heteroatoms. The smallest absolute Gasteiger partial charge is 0.288 e. The van der Waals surface area contributed by atoms with Gasteiger partial charge in [0, 0.05) is 24.7 Å². The van der Waals surface area contributed by atoms with Crippen LogP contribution in [0.4, 0.5) is 11.4 Å². The maximum atomic E-state index is 11.7. The third-order valence-electron chi connectivity index (χ3n) is 2.83. The van der Waals surface area contributed by atoms with Crippen LogP contribution in [0.15, 0.2) is 12.1 Å². The molecule has 1 atom stereocenters. The van der Waals surface area contributed by atoms with E-state index in [-0.39, 0.29) is 28.4 Å². The lowest BCUT2D eigenvalue weighted by Gasteiger charge is -2.18. The fourth-order valence-corrected chi connectivity index (χ4v) is 2.48. The molecule has 96 valence electrons. The van der Waals surface area contributed by atoms with E-state index in [2.05, 4.69) is 0 Å². The predicted molar refractivity (Wildman–Crippen MR) is 69.5 cm³/mol. The third kappa shape index (κ3) is 2.28. The van der Waals surface area contributed by atoms with Gasteiger partial charge in [0.2, 0.25) is 5.91 Å². The van der Waals surface area contributed by atoms with Crippen LogP contribution < -0.4 is 4.90 Å². The number of nitro groups is 1. The zero-order chi connectivity index (χ0) is 13.4. The van der Waals surface area contributed by atoms with Gasteiger partial charge in [0.1, 0.15) is 5.02 Å². The Labute approximate surface area is 113 Å². The average molecular weight is 289 g/mol. The molecular weight excluding hydrogens is 279 g/mol. The molecule has 1 unspecified atom stereocenters. The van der Waals surface area contributed by atoms with Crippen LogP contribution in [0.3, 0.4) is 0 Å². The number of hydrogen-bond donors (Lipinski definition) is 0. The van der Waals surface area contributed by atoms with Crippen molar-refractivity contribution in [1.82, 2.24) is 0 Å². The van der Waals surface area contributed by atoms with Crippen LogP contribution >= 0.6 is 23.2 Å². The summed E-state index contributed by atoms with van der Waals surface area (Å²) in [6.45, 7) is 2.10. The van der Waals surface area contributed by atoms with E-state index < -0.39 is 4.92 Å². The highest BCUT2D eigenvalue weighted by Crippen LogP contribution is 2.34. The highest BCUT2D eigenvalue weighted by atomic mass is 35.5. The van der Waals surface area contributed by atoms with E-state index in [9.17, 15) is 14.9 Å². The van der Waals surface area contributed by atoms with Gasteiger partial charge in [-0.25, -0.2) is 0 Å². The normalized spacial score (nSPS) is 19.4. The van der Waals surface area contributed by atoms with Crippen molar-refractivity contribution in [2.24, 2.45) is 0 Å². The molecule has 2 rings (SSSR count). The molecule has 0 N–H and O–H groups in total. The molecular formula is C11H10Cl2N2O3. The second kappa shape index (κ2) is 4.74. The van der Waals surface area contributed by atoms with Gasteiger partial charge in [-0.3, -0.25) is 14.9 Å². The molecule has 1 aliphatic rings. The fourth-order valence-electron chi connectivity index (χ4n) is 1.98. The Bertz CT molecular complexity index is 533. The summed E-state index contributed by atoms with van der Waals surface area (Å²) in [5.74, 6) is -0.0944. The molecule has 0 spiro atoms. The summed E-state index contributed by atoms with van der Waals surface area (Å²) in [7, 11) is 0. The van der Waals surface area contributed by atoms with Gasteiger partial charge in [0.05, 0.1) is 10.3 Å². The summed E-state index contributed by atoms with van der Waals surface area (Å²) >= 11 is 11.8. The molecule has 1 aliphatic heterocycles. The van der Waals surface area contributed by atoms with Gasteiger partial charge >= 0.3 is 0 Å². The van der Waals surface area contributed by atoms with Crippen LogP contribution in [0.1, 0.15) is 12.0 Å². The number of nitrogens with zero attached hydrogens (tertiary/aromatic N) is 2. The molecule has 1 amide bonds. The van der Waals surface area contributed by atoms with Crippen molar-refractivity contribution >= 4 is 40.5 Å². The molecule has 1 saturated heterocycles. The number of alkyl halides is 1. The third-order valence-corrected chi connectivity index (χ3v) is 3.43. The van der Waals surface area contributed by atoms with Crippen LogP contribution in [0.2, 0.25) is 5.02 Å². The topological polar surface area (TPSA) is 63.5 Å². The number of aryl methyl sites for hydroxylation is 1. The second-order valence-corrected chi connectivity index (χ2v) is 5.18. The minimum absolute atomic E-state index is 0.0198. The number of nitro benzene ring substituents is 1. The van der Waals surface area contributed by atoms with E-state index in [0.717, 1.165) is 0 Å². The van der Waals surface area contributed by atoms with Crippen molar-refractivity contribution in [3.63, 3.8) is 0 Å². The van der Waals surface area contributed by atoms with Crippen LogP contribution in [-0.4, -0.2) is 22.8 Å². The number of rotatable bonds is 2. The predicted octanol–water partition coefficient (Wildman–Crippen LogP) is 2.90. The van der Waals surface area contributed by atoms with Crippen LogP contribution in [0, 0.1) is 17.0 Å². The fraction of sp³-hybridized carbons (Fsp3) is 0.364. The number of carbonyl (C=O) groups excluding carboxylic acids is 1. The van der Waals surface area contributed by atoms with Crippen LogP contribution in [-0.2, 0) is 4.79 Å². The molecule has 18 heavy (non-hydrogen) atoms. The highest BCUT2D eigenvalue weighted by molar-refractivity contribution is 6.33. The van der Waals surface area contributed by atoms with E-state index in [1.807, 2.05) is 0 Å². The summed E-state index contributed by atoms with van der Waals surface area (Å²) in [5.41, 5.74) is 1.05. The van der Waals surface area contributed by atoms with Gasteiger partial charge in [-0.05, 0) is 18.6 Å². The number of anilines is 1. The van der Waals surface area contributed by atoms with E-state index in [0.29, 0.717) is 17.8 Å². The average Bonchev–Trinajstić information content (AvgIpc) is 2.60. The van der Waals surface area contributed by atoms with E-state index in [1.165, 1.54) is 17.0 Å². The number of halogens is 2. The molecule has 0 saturated carbocycles. The molecule has 0 aromatic heterocycles. The lowest BCUT2D eigenvalue weighted by Crippen LogP contribution is -2.25. The summed E-state index contributed by atoms with van der Waals surface area (Å²) in [5, 5.41) is 10.5. The maximum absolute atomic E-state index is 11.7. The molecule has 5 nitrogen and oxygen atoms in total. The first-order valence-electron chi connectivity index (χ1n) is 5.29. The van der Waals surface area contributed by atoms with Gasteiger partial charge < -0.3 is 4.90 Å². The lowest BCUT2D eigenvalue weighted by molar-refractivity contribution is -0.384. The number of carbonyl (C=O) groups is 1. The maximum Gasteiger partial charge on any atom is 0.288 e. The largest absolute Gasteiger partial charge is 0.311 e. The van der Waals surface area contributed by atoms with Crippen molar-refractivity contribution in [2.75, 3.05) is 11.4 Å². The molecule has 1 aromatic carbocycles. The van der Waals surface area contributed by atoms with Crippen molar-refractivity contribution in [3.05, 3.63) is 32.8 Å². The summed E-state index contributed by atoms with van der Waals surface area (Å²) in [6, 6.07) is 2.81. The summed E-state index contributed by atoms with van der Waals surface area (Å²) < 4.78 is 0. The van der Waals surface area contributed by atoms with E-state index in [1.54, 1.807) is 6.92 Å². The Morgan fingerprint density at radius 3 is 2.67 bits per heavy atom. The Kier molecular flexibility index (Phi) is 3.45. The SMILES string of the molecule is Cc1cc([N+](=O)[O-])c(Cl)cc1N1CC(Cl)CC1=O. The summed E-state index contributed by atoms with van der Waals surface area (Å²) in [6.07, 6.45) is 0.273. The molecule has 1 fully saturated rings. The minimum atomic E-state index is -0.546. The molecule has 1 aromatic rings. The standard InChI is InChI=1S/C11H10Cl2N2O3/c1-6-2-10(15(17)18)8(13)4-9(6)14-5-7(12)3-11(14)16/h2,4,7H,3,5H2,1H3. The first-order valence-corrected chi connectivity index (χ1v) is 6.10. The summed E-state index contributed by atoms with van der Waals surface area (Å²) in [4.78, 5) is 23.4. The second-order valence-electron chi connectivity index (χ2n) is 4.15. The van der Waals surface area contributed by atoms with Crippen LogP contribution in [0.5, 0.6) is 0 Å². The Hall–Kier alpha value is -1.33. The zero-order valence-electron chi connectivity index (χ0n) is 9.52. The monoisotopic (exact) mass is 288 g/mol. The number of hydrogen-bond acceptors (Lipinski definition) is 3. The van der Waals surface area contributed by atoms with Crippen LogP contribution in [0.25, 0.3) is 0 Å². The molecule has 0 bridgehead atoms. The lowest BCUT2D eigenvalue weighted by atomic mass is 10.1. The molecule has 0 radical (unpaired) electrons. The van der Waals surface area contributed by atoms with Gasteiger partial charge in [0.15, 0.2) is 0 Å². The van der Waals surface area contributed by atoms with Gasteiger partial charge in [-0.1, -0.05) is 11.6 Å².